The highest BCUT2D eigenvalue weighted by Gasteiger charge is 2.48. The van der Waals surface area contributed by atoms with E-state index in [1.165, 1.54) is 44.9 Å². The smallest absolute Gasteiger partial charge is 0.0267 e. The van der Waals surface area contributed by atoms with Crippen molar-refractivity contribution < 1.29 is 0 Å². The van der Waals surface area contributed by atoms with Gasteiger partial charge in [0.25, 0.3) is 0 Å². The van der Waals surface area contributed by atoms with Gasteiger partial charge in [0.2, 0.25) is 0 Å². The lowest BCUT2D eigenvalue weighted by Gasteiger charge is -2.38. The van der Waals surface area contributed by atoms with Gasteiger partial charge in [-0.15, -0.1) is 0 Å². The molecule has 0 N–H and O–H groups in total. The van der Waals surface area contributed by atoms with Crippen molar-refractivity contribution in [1.29, 1.82) is 0 Å². The van der Waals surface area contributed by atoms with E-state index in [0.29, 0.717) is 5.41 Å². The summed E-state index contributed by atoms with van der Waals surface area (Å²) >= 11 is 0. The third-order valence-corrected chi connectivity index (χ3v) is 4.58. The van der Waals surface area contributed by atoms with Crippen LogP contribution in [0.25, 0.3) is 0 Å². The van der Waals surface area contributed by atoms with Gasteiger partial charge in [-0.05, 0) is 42.4 Å². The minimum absolute atomic E-state index is 0.636. The van der Waals surface area contributed by atoms with E-state index in [4.69, 9.17) is 0 Å². The molecule has 2 fully saturated rings. The van der Waals surface area contributed by atoms with Crippen LogP contribution in [-0.2, 0) is 0 Å². The molecule has 13 heavy (non-hydrogen) atoms. The van der Waals surface area contributed by atoms with E-state index < -0.39 is 0 Å². The van der Waals surface area contributed by atoms with Crippen LogP contribution >= 0.6 is 0 Å². The predicted molar refractivity (Wildman–Crippen MR) is 57.7 cm³/mol. The maximum Gasteiger partial charge on any atom is -0.0267 e. The van der Waals surface area contributed by atoms with Gasteiger partial charge in [0.05, 0.1) is 0 Å². The first-order valence-corrected chi connectivity index (χ1v) is 6.04. The van der Waals surface area contributed by atoms with E-state index in [9.17, 15) is 0 Å². The Balaban J connectivity index is 2.13. The van der Waals surface area contributed by atoms with Crippen LogP contribution in [-0.4, -0.2) is 0 Å². The minimum atomic E-state index is 0.636. The molecule has 0 nitrogen and oxygen atoms in total. The van der Waals surface area contributed by atoms with Gasteiger partial charge >= 0.3 is 0 Å². The van der Waals surface area contributed by atoms with Gasteiger partial charge in [-0.25, -0.2) is 0 Å². The zero-order valence-electron chi connectivity index (χ0n) is 9.53. The second-order valence-electron chi connectivity index (χ2n) is 6.37. The second kappa shape index (κ2) is 3.00. The fraction of sp³-hybridized carbons (Fsp3) is 1.00. The zero-order chi connectivity index (χ0) is 9.53. The monoisotopic (exact) mass is 180 g/mol. The highest BCUT2D eigenvalue weighted by Crippen LogP contribution is 2.59. The van der Waals surface area contributed by atoms with Crippen molar-refractivity contribution in [3.05, 3.63) is 0 Å². The van der Waals surface area contributed by atoms with Gasteiger partial charge in [0, 0.05) is 0 Å². The maximum atomic E-state index is 2.50. The molecule has 1 atom stereocenters. The van der Waals surface area contributed by atoms with Gasteiger partial charge in [-0.2, -0.15) is 0 Å². The third-order valence-electron chi connectivity index (χ3n) is 4.58. The topological polar surface area (TPSA) is 0 Å². The van der Waals surface area contributed by atoms with Gasteiger partial charge in [0.1, 0.15) is 0 Å². The Kier molecular flexibility index (Phi) is 2.20. The predicted octanol–water partition coefficient (Wildman–Crippen LogP) is 4.39. The largest absolute Gasteiger partial charge is 0.0620 e. The van der Waals surface area contributed by atoms with Gasteiger partial charge < -0.3 is 0 Å². The highest BCUT2D eigenvalue weighted by atomic mass is 14.5. The van der Waals surface area contributed by atoms with Crippen LogP contribution < -0.4 is 0 Å². The molecular formula is C13H24. The summed E-state index contributed by atoms with van der Waals surface area (Å²) in [7, 11) is 0. The average molecular weight is 180 g/mol. The van der Waals surface area contributed by atoms with Crippen LogP contribution in [0.4, 0.5) is 0 Å². The minimum Gasteiger partial charge on any atom is -0.0620 e. The Morgan fingerprint density at radius 1 is 1.00 bits per heavy atom. The molecular weight excluding hydrogens is 156 g/mol. The molecule has 0 heterocycles. The molecule has 0 amide bonds. The summed E-state index contributed by atoms with van der Waals surface area (Å²) in [5.74, 6) is 0.989. The summed E-state index contributed by atoms with van der Waals surface area (Å²) in [6.07, 6.45) is 10.5. The first kappa shape index (κ1) is 9.55. The molecule has 0 saturated heterocycles. The summed E-state index contributed by atoms with van der Waals surface area (Å²) in [4.78, 5) is 0. The van der Waals surface area contributed by atoms with Gasteiger partial charge in [-0.3, -0.25) is 0 Å². The molecule has 2 saturated carbocycles. The molecule has 2 rings (SSSR count). The van der Waals surface area contributed by atoms with Crippen LogP contribution in [0.5, 0.6) is 0 Å². The van der Waals surface area contributed by atoms with E-state index in [0.717, 1.165) is 11.3 Å². The van der Waals surface area contributed by atoms with Crippen LogP contribution in [0.3, 0.4) is 0 Å². The fourth-order valence-corrected chi connectivity index (χ4v) is 4.17. The lowest BCUT2D eigenvalue weighted by Crippen LogP contribution is -2.27. The lowest BCUT2D eigenvalue weighted by molar-refractivity contribution is 0.131. The molecule has 0 aromatic carbocycles. The van der Waals surface area contributed by atoms with E-state index in [1.54, 1.807) is 0 Å². The Labute approximate surface area is 83.1 Å². The van der Waals surface area contributed by atoms with Crippen molar-refractivity contribution in [1.82, 2.24) is 0 Å². The van der Waals surface area contributed by atoms with Crippen LogP contribution in [0, 0.1) is 16.7 Å². The number of hydrogen-bond donors (Lipinski definition) is 0. The molecule has 2 aliphatic rings. The first-order chi connectivity index (χ1) is 6.04. The Morgan fingerprint density at radius 3 is 2.08 bits per heavy atom. The van der Waals surface area contributed by atoms with Crippen molar-refractivity contribution in [2.75, 3.05) is 0 Å². The van der Waals surface area contributed by atoms with Gasteiger partial charge in [0.15, 0.2) is 0 Å². The van der Waals surface area contributed by atoms with Crippen molar-refractivity contribution in [3.8, 4) is 0 Å². The standard InChI is InChI=1S/C13H24/c1-11-9-12(2,3)10-13(11)7-5-4-6-8-13/h11H,4-10H2,1-3H3. The second-order valence-corrected chi connectivity index (χ2v) is 6.37. The molecule has 0 bridgehead atoms. The Bertz CT molecular complexity index is 184. The van der Waals surface area contributed by atoms with Crippen LogP contribution in [0.2, 0.25) is 0 Å². The average Bonchev–Trinajstić information content (AvgIpc) is 2.23. The molecule has 2 aliphatic carbocycles. The van der Waals surface area contributed by atoms with Gasteiger partial charge in [-0.1, -0.05) is 40.0 Å². The van der Waals surface area contributed by atoms with Crippen LogP contribution in [0.15, 0.2) is 0 Å². The highest BCUT2D eigenvalue weighted by molar-refractivity contribution is 4.98. The van der Waals surface area contributed by atoms with Crippen molar-refractivity contribution in [3.63, 3.8) is 0 Å². The zero-order valence-corrected chi connectivity index (χ0v) is 9.53. The van der Waals surface area contributed by atoms with Crippen molar-refractivity contribution in [2.45, 2.75) is 65.7 Å². The van der Waals surface area contributed by atoms with E-state index in [-0.39, 0.29) is 0 Å². The van der Waals surface area contributed by atoms with E-state index in [1.807, 2.05) is 0 Å². The summed E-state index contributed by atoms with van der Waals surface area (Å²) in [5, 5.41) is 0. The van der Waals surface area contributed by atoms with Crippen LogP contribution in [0.1, 0.15) is 65.7 Å². The third kappa shape index (κ3) is 1.65. The number of rotatable bonds is 0. The summed E-state index contributed by atoms with van der Waals surface area (Å²) in [6.45, 7) is 7.43. The molecule has 1 spiro atoms. The number of hydrogen-bond acceptors (Lipinski definition) is 0. The maximum absolute atomic E-state index is 2.50. The molecule has 0 radical (unpaired) electrons. The SMILES string of the molecule is CC1CC(C)(C)CC12CCCCC2. The molecule has 76 valence electrons. The molecule has 1 unspecified atom stereocenters. The van der Waals surface area contributed by atoms with E-state index >= 15 is 0 Å². The molecule has 0 aromatic heterocycles. The quantitative estimate of drug-likeness (QED) is 0.518. The lowest BCUT2D eigenvalue weighted by atomic mass is 9.67. The Morgan fingerprint density at radius 2 is 1.62 bits per heavy atom. The summed E-state index contributed by atoms with van der Waals surface area (Å²) < 4.78 is 0. The fourth-order valence-electron chi connectivity index (χ4n) is 4.17. The Hall–Kier alpha value is 0. The molecule has 0 heteroatoms. The molecule has 0 aromatic rings. The van der Waals surface area contributed by atoms with Crippen molar-refractivity contribution in [2.24, 2.45) is 16.7 Å². The van der Waals surface area contributed by atoms with Crippen molar-refractivity contribution >= 4 is 0 Å². The summed E-state index contributed by atoms with van der Waals surface area (Å²) in [6, 6.07) is 0. The normalized spacial score (nSPS) is 36.7. The first-order valence-electron chi connectivity index (χ1n) is 6.04. The van der Waals surface area contributed by atoms with E-state index in [2.05, 4.69) is 20.8 Å². The molecule has 0 aliphatic heterocycles. The summed E-state index contributed by atoms with van der Waals surface area (Å²) in [5.41, 5.74) is 1.40.